The van der Waals surface area contributed by atoms with E-state index in [-0.39, 0.29) is 0 Å². The molecule has 0 amide bonds. The van der Waals surface area contributed by atoms with Gasteiger partial charge in [0.15, 0.2) is 0 Å². The highest BCUT2D eigenvalue weighted by molar-refractivity contribution is 5.56. The standard InChI is InChI=1S/C12H19N7/c1-2-10-11(16-8-17-12(10)18-13)15-4-3-6-19-7-5-14-9-19/h5,7-9H,2-4,6,13H2,1H3,(H2,15,16,17,18). The fourth-order valence-electron chi connectivity index (χ4n) is 1.91. The molecule has 0 spiro atoms. The van der Waals surface area contributed by atoms with Gasteiger partial charge in [0.2, 0.25) is 0 Å². The molecule has 102 valence electrons. The summed E-state index contributed by atoms with van der Waals surface area (Å²) >= 11 is 0. The van der Waals surface area contributed by atoms with Crippen molar-refractivity contribution in [3.05, 3.63) is 30.6 Å². The molecule has 0 aliphatic rings. The molecule has 0 radical (unpaired) electrons. The van der Waals surface area contributed by atoms with Gasteiger partial charge < -0.3 is 15.3 Å². The van der Waals surface area contributed by atoms with Crippen LogP contribution in [0.2, 0.25) is 0 Å². The molecule has 4 N–H and O–H groups in total. The van der Waals surface area contributed by atoms with Crippen LogP contribution in [0.5, 0.6) is 0 Å². The van der Waals surface area contributed by atoms with E-state index >= 15 is 0 Å². The molecule has 0 aliphatic carbocycles. The Balaban J connectivity index is 1.88. The molecule has 0 atom stereocenters. The van der Waals surface area contributed by atoms with Crippen LogP contribution in [-0.4, -0.2) is 26.1 Å². The zero-order valence-corrected chi connectivity index (χ0v) is 11.0. The zero-order chi connectivity index (χ0) is 13.5. The minimum absolute atomic E-state index is 0.676. The molecule has 0 saturated heterocycles. The van der Waals surface area contributed by atoms with Crippen molar-refractivity contribution >= 4 is 11.6 Å². The van der Waals surface area contributed by atoms with E-state index in [4.69, 9.17) is 5.84 Å². The second kappa shape index (κ2) is 6.69. The van der Waals surface area contributed by atoms with E-state index < -0.39 is 0 Å². The molecule has 0 unspecified atom stereocenters. The van der Waals surface area contributed by atoms with Crippen molar-refractivity contribution in [3.8, 4) is 0 Å². The lowest BCUT2D eigenvalue weighted by Crippen LogP contribution is -2.15. The topological polar surface area (TPSA) is 93.7 Å². The Bertz CT molecular complexity index is 495. The summed E-state index contributed by atoms with van der Waals surface area (Å²) in [5, 5.41) is 3.32. The van der Waals surface area contributed by atoms with Crippen LogP contribution in [0.1, 0.15) is 18.9 Å². The third kappa shape index (κ3) is 3.41. The number of anilines is 2. The summed E-state index contributed by atoms with van der Waals surface area (Å²) < 4.78 is 2.05. The van der Waals surface area contributed by atoms with Crippen LogP contribution in [-0.2, 0) is 13.0 Å². The molecule has 2 aromatic rings. The predicted molar refractivity (Wildman–Crippen MR) is 74.6 cm³/mol. The molecule has 7 nitrogen and oxygen atoms in total. The molecule has 7 heteroatoms. The highest BCUT2D eigenvalue weighted by Gasteiger charge is 2.07. The van der Waals surface area contributed by atoms with E-state index in [0.717, 1.165) is 37.3 Å². The lowest BCUT2D eigenvalue weighted by Gasteiger charge is -2.12. The number of hydrazine groups is 1. The number of nitrogen functional groups attached to an aromatic ring is 1. The molecule has 2 rings (SSSR count). The van der Waals surface area contributed by atoms with Crippen molar-refractivity contribution in [1.29, 1.82) is 0 Å². The highest BCUT2D eigenvalue weighted by Crippen LogP contribution is 2.19. The number of hydrogen-bond acceptors (Lipinski definition) is 6. The predicted octanol–water partition coefficient (Wildman–Crippen LogP) is 1.02. The summed E-state index contributed by atoms with van der Waals surface area (Å²) in [7, 11) is 0. The zero-order valence-electron chi connectivity index (χ0n) is 11.0. The number of aryl methyl sites for hydroxylation is 1. The van der Waals surface area contributed by atoms with Gasteiger partial charge in [0, 0.05) is 31.0 Å². The summed E-state index contributed by atoms with van der Waals surface area (Å²) in [5.74, 6) is 6.95. The van der Waals surface area contributed by atoms with E-state index in [9.17, 15) is 0 Å². The lowest BCUT2D eigenvalue weighted by molar-refractivity contribution is 0.659. The van der Waals surface area contributed by atoms with E-state index in [1.165, 1.54) is 6.33 Å². The summed E-state index contributed by atoms with van der Waals surface area (Å²) in [6.45, 7) is 3.82. The second-order valence-corrected chi connectivity index (χ2v) is 4.13. The van der Waals surface area contributed by atoms with Crippen molar-refractivity contribution in [3.63, 3.8) is 0 Å². The SMILES string of the molecule is CCc1c(NN)ncnc1NCCCn1ccnc1. The van der Waals surface area contributed by atoms with Gasteiger partial charge in [0.1, 0.15) is 18.0 Å². The van der Waals surface area contributed by atoms with Gasteiger partial charge in [-0.15, -0.1) is 0 Å². The quantitative estimate of drug-likeness (QED) is 0.391. The van der Waals surface area contributed by atoms with Gasteiger partial charge in [-0.2, -0.15) is 0 Å². The van der Waals surface area contributed by atoms with Crippen LogP contribution in [0.3, 0.4) is 0 Å². The van der Waals surface area contributed by atoms with Crippen molar-refractivity contribution < 1.29 is 0 Å². The van der Waals surface area contributed by atoms with E-state index in [2.05, 4.69) is 37.2 Å². The van der Waals surface area contributed by atoms with Crippen LogP contribution in [0.15, 0.2) is 25.0 Å². The first-order valence-corrected chi connectivity index (χ1v) is 6.35. The number of hydrogen-bond donors (Lipinski definition) is 3. The normalized spacial score (nSPS) is 10.4. The molecule has 0 aromatic carbocycles. The van der Waals surface area contributed by atoms with Gasteiger partial charge in [-0.05, 0) is 12.8 Å². The second-order valence-electron chi connectivity index (χ2n) is 4.13. The number of imidazole rings is 1. The average molecular weight is 261 g/mol. The smallest absolute Gasteiger partial charge is 0.148 e. The van der Waals surface area contributed by atoms with Gasteiger partial charge in [-0.1, -0.05) is 6.92 Å². The van der Waals surface area contributed by atoms with E-state index in [1.807, 2.05) is 12.5 Å². The minimum Gasteiger partial charge on any atom is -0.370 e. The number of nitrogens with two attached hydrogens (primary N) is 1. The third-order valence-corrected chi connectivity index (χ3v) is 2.88. The Morgan fingerprint density at radius 1 is 1.32 bits per heavy atom. The fraction of sp³-hybridized carbons (Fsp3) is 0.417. The summed E-state index contributed by atoms with van der Waals surface area (Å²) in [4.78, 5) is 12.4. The lowest BCUT2D eigenvalue weighted by atomic mass is 10.2. The Morgan fingerprint density at radius 3 is 2.84 bits per heavy atom. The average Bonchev–Trinajstić information content (AvgIpc) is 2.96. The van der Waals surface area contributed by atoms with Gasteiger partial charge in [-0.25, -0.2) is 20.8 Å². The number of rotatable bonds is 7. The third-order valence-electron chi connectivity index (χ3n) is 2.88. The maximum Gasteiger partial charge on any atom is 0.148 e. The molecule has 2 heterocycles. The van der Waals surface area contributed by atoms with Crippen LogP contribution >= 0.6 is 0 Å². The Labute approximate surface area is 112 Å². The van der Waals surface area contributed by atoms with Crippen molar-refractivity contribution in [1.82, 2.24) is 19.5 Å². The fourth-order valence-corrected chi connectivity index (χ4v) is 1.91. The maximum atomic E-state index is 5.44. The van der Waals surface area contributed by atoms with Gasteiger partial charge >= 0.3 is 0 Å². The first kappa shape index (κ1) is 13.3. The first-order valence-electron chi connectivity index (χ1n) is 6.35. The van der Waals surface area contributed by atoms with Gasteiger partial charge in [-0.3, -0.25) is 0 Å². The number of aromatic nitrogens is 4. The first-order chi connectivity index (χ1) is 9.35. The van der Waals surface area contributed by atoms with Crippen LogP contribution in [0.4, 0.5) is 11.6 Å². The Hall–Kier alpha value is -2.15. The molecule has 0 bridgehead atoms. The van der Waals surface area contributed by atoms with E-state index in [1.54, 1.807) is 6.20 Å². The van der Waals surface area contributed by atoms with Crippen LogP contribution < -0.4 is 16.6 Å². The maximum absolute atomic E-state index is 5.44. The number of nitrogens with one attached hydrogen (secondary N) is 2. The van der Waals surface area contributed by atoms with Crippen molar-refractivity contribution in [2.45, 2.75) is 26.3 Å². The van der Waals surface area contributed by atoms with Crippen molar-refractivity contribution in [2.24, 2.45) is 5.84 Å². The molecular formula is C12H19N7. The minimum atomic E-state index is 0.676. The molecule has 19 heavy (non-hydrogen) atoms. The van der Waals surface area contributed by atoms with Crippen LogP contribution in [0, 0.1) is 0 Å². The van der Waals surface area contributed by atoms with Crippen LogP contribution in [0.25, 0.3) is 0 Å². The van der Waals surface area contributed by atoms with Gasteiger partial charge in [0.05, 0.1) is 6.33 Å². The highest BCUT2D eigenvalue weighted by atomic mass is 15.3. The summed E-state index contributed by atoms with van der Waals surface area (Å²) in [5.41, 5.74) is 3.60. The molecule has 0 fully saturated rings. The largest absolute Gasteiger partial charge is 0.370 e. The Morgan fingerprint density at radius 2 is 2.16 bits per heavy atom. The van der Waals surface area contributed by atoms with E-state index in [0.29, 0.717) is 5.82 Å². The summed E-state index contributed by atoms with van der Waals surface area (Å²) in [6.07, 6.45) is 8.88. The summed E-state index contributed by atoms with van der Waals surface area (Å²) in [6, 6.07) is 0. The molecule has 0 aliphatic heterocycles. The monoisotopic (exact) mass is 261 g/mol. The number of nitrogens with zero attached hydrogens (tertiary/aromatic N) is 4. The van der Waals surface area contributed by atoms with Gasteiger partial charge in [0.25, 0.3) is 0 Å². The Kier molecular flexibility index (Phi) is 4.68. The van der Waals surface area contributed by atoms with Crippen molar-refractivity contribution in [2.75, 3.05) is 17.3 Å². The molecular weight excluding hydrogens is 242 g/mol. The molecule has 2 aromatic heterocycles. The molecule has 0 saturated carbocycles.